The molecule has 0 radical (unpaired) electrons. The highest BCUT2D eigenvalue weighted by atomic mass is 79.9. The van der Waals surface area contributed by atoms with Crippen molar-refractivity contribution in [1.82, 2.24) is 5.43 Å². The molecule has 0 saturated carbocycles. The van der Waals surface area contributed by atoms with Crippen LogP contribution in [0.25, 0.3) is 0 Å². The van der Waals surface area contributed by atoms with Crippen LogP contribution in [0, 0.1) is 5.82 Å². The van der Waals surface area contributed by atoms with Crippen LogP contribution in [0.15, 0.2) is 22.7 Å². The molecule has 0 aromatic heterocycles. The molecule has 16 heavy (non-hydrogen) atoms. The van der Waals surface area contributed by atoms with E-state index in [9.17, 15) is 9.18 Å². The summed E-state index contributed by atoms with van der Waals surface area (Å²) < 4.78 is 19.2. The summed E-state index contributed by atoms with van der Waals surface area (Å²) in [4.78, 5) is 11.2. The Labute approximate surface area is 101 Å². The molecule has 0 spiro atoms. The Morgan fingerprint density at radius 1 is 1.69 bits per heavy atom. The van der Waals surface area contributed by atoms with Crippen molar-refractivity contribution in [2.24, 2.45) is 5.84 Å². The molecule has 1 atom stereocenters. The molecule has 1 aromatic carbocycles. The Morgan fingerprint density at radius 2 is 2.38 bits per heavy atom. The maximum atomic E-state index is 13.3. The number of rotatable bonds is 4. The van der Waals surface area contributed by atoms with E-state index in [4.69, 9.17) is 10.6 Å². The molecule has 1 amide bonds. The van der Waals surface area contributed by atoms with E-state index in [0.29, 0.717) is 10.9 Å². The molecule has 0 heterocycles. The van der Waals surface area contributed by atoms with Crippen LogP contribution in [0.3, 0.4) is 0 Å². The Bertz CT molecular complexity index is 387. The lowest BCUT2D eigenvalue weighted by Gasteiger charge is -2.16. The van der Waals surface area contributed by atoms with Gasteiger partial charge in [-0.1, -0.05) is 22.9 Å². The van der Waals surface area contributed by atoms with Gasteiger partial charge in [0.15, 0.2) is 17.7 Å². The van der Waals surface area contributed by atoms with Gasteiger partial charge in [0.05, 0.1) is 0 Å². The number of amides is 1. The van der Waals surface area contributed by atoms with E-state index >= 15 is 0 Å². The SMILES string of the molecule is CCC(Oc1cc(Br)ccc1F)C(=O)NN. The van der Waals surface area contributed by atoms with Crippen molar-refractivity contribution in [1.29, 1.82) is 0 Å². The van der Waals surface area contributed by atoms with Crippen molar-refractivity contribution in [3.8, 4) is 5.75 Å². The van der Waals surface area contributed by atoms with Gasteiger partial charge in [-0.05, 0) is 24.6 Å². The number of hydrogen-bond donors (Lipinski definition) is 2. The van der Waals surface area contributed by atoms with Crippen molar-refractivity contribution in [3.63, 3.8) is 0 Å². The van der Waals surface area contributed by atoms with E-state index in [-0.39, 0.29) is 5.75 Å². The second kappa shape index (κ2) is 5.81. The Kier molecular flexibility index (Phi) is 4.70. The number of carbonyl (C=O) groups is 1. The van der Waals surface area contributed by atoms with Crippen molar-refractivity contribution in [2.75, 3.05) is 0 Å². The van der Waals surface area contributed by atoms with Crippen LogP contribution in [0.1, 0.15) is 13.3 Å². The topological polar surface area (TPSA) is 64.3 Å². The van der Waals surface area contributed by atoms with Crippen LogP contribution >= 0.6 is 15.9 Å². The third-order valence-electron chi connectivity index (χ3n) is 1.97. The zero-order chi connectivity index (χ0) is 12.1. The molecule has 0 aliphatic carbocycles. The molecule has 0 aliphatic rings. The normalized spacial score (nSPS) is 12.0. The highest BCUT2D eigenvalue weighted by Gasteiger charge is 2.18. The molecule has 4 nitrogen and oxygen atoms in total. The number of halogens is 2. The minimum Gasteiger partial charge on any atom is -0.477 e. The molecule has 0 fully saturated rings. The molecule has 0 aliphatic heterocycles. The van der Waals surface area contributed by atoms with Gasteiger partial charge in [0.2, 0.25) is 0 Å². The maximum Gasteiger partial charge on any atom is 0.274 e. The van der Waals surface area contributed by atoms with Gasteiger partial charge in [-0.25, -0.2) is 10.2 Å². The molecule has 0 saturated heterocycles. The summed E-state index contributed by atoms with van der Waals surface area (Å²) in [5.41, 5.74) is 1.97. The first-order valence-corrected chi connectivity index (χ1v) is 5.50. The smallest absolute Gasteiger partial charge is 0.274 e. The van der Waals surface area contributed by atoms with Gasteiger partial charge in [0.25, 0.3) is 5.91 Å². The summed E-state index contributed by atoms with van der Waals surface area (Å²) >= 11 is 3.19. The fourth-order valence-corrected chi connectivity index (χ4v) is 1.48. The predicted octanol–water partition coefficient (Wildman–Crippen LogP) is 1.74. The van der Waals surface area contributed by atoms with Crippen molar-refractivity contribution >= 4 is 21.8 Å². The Balaban J connectivity index is 2.85. The molecule has 3 N–H and O–H groups in total. The standard InChI is InChI=1S/C10H12BrFN2O2/c1-2-8(10(15)14-13)16-9-5-6(11)3-4-7(9)12/h3-5,8H,2,13H2,1H3,(H,14,15). The second-order valence-corrected chi connectivity index (χ2v) is 4.01. The number of nitrogens with two attached hydrogens (primary N) is 1. The van der Waals surface area contributed by atoms with E-state index in [1.165, 1.54) is 12.1 Å². The third kappa shape index (κ3) is 3.18. The molecule has 1 unspecified atom stereocenters. The summed E-state index contributed by atoms with van der Waals surface area (Å²) in [7, 11) is 0. The average Bonchev–Trinajstić information content (AvgIpc) is 2.29. The van der Waals surface area contributed by atoms with Crippen LogP contribution in [0.4, 0.5) is 4.39 Å². The van der Waals surface area contributed by atoms with Crippen LogP contribution < -0.4 is 16.0 Å². The lowest BCUT2D eigenvalue weighted by molar-refractivity contribution is -0.128. The minimum atomic E-state index is -0.797. The average molecular weight is 291 g/mol. The van der Waals surface area contributed by atoms with E-state index in [1.54, 1.807) is 13.0 Å². The van der Waals surface area contributed by atoms with Gasteiger partial charge in [-0.15, -0.1) is 0 Å². The summed E-state index contributed by atoms with van der Waals surface area (Å²) in [6.07, 6.45) is -0.400. The van der Waals surface area contributed by atoms with Crippen LogP contribution in [-0.4, -0.2) is 12.0 Å². The van der Waals surface area contributed by atoms with Gasteiger partial charge < -0.3 is 4.74 Å². The number of carbonyl (C=O) groups excluding carboxylic acids is 1. The number of hydrogen-bond acceptors (Lipinski definition) is 3. The number of ether oxygens (including phenoxy) is 1. The van der Waals surface area contributed by atoms with E-state index in [1.807, 2.05) is 5.43 Å². The van der Waals surface area contributed by atoms with Crippen LogP contribution in [0.5, 0.6) is 5.75 Å². The largest absolute Gasteiger partial charge is 0.477 e. The van der Waals surface area contributed by atoms with Gasteiger partial charge in [-0.3, -0.25) is 10.2 Å². The molecule has 0 bridgehead atoms. The number of nitrogens with one attached hydrogen (secondary N) is 1. The zero-order valence-corrected chi connectivity index (χ0v) is 10.3. The van der Waals surface area contributed by atoms with Gasteiger partial charge in [0, 0.05) is 4.47 Å². The molecular formula is C10H12BrFN2O2. The van der Waals surface area contributed by atoms with Gasteiger partial charge in [0.1, 0.15) is 0 Å². The Hall–Kier alpha value is -1.14. The first-order valence-electron chi connectivity index (χ1n) is 4.70. The number of hydrazine groups is 1. The summed E-state index contributed by atoms with van der Waals surface area (Å²) in [5, 5.41) is 0. The number of benzene rings is 1. The fraction of sp³-hybridized carbons (Fsp3) is 0.300. The van der Waals surface area contributed by atoms with Gasteiger partial charge >= 0.3 is 0 Å². The molecular weight excluding hydrogens is 279 g/mol. The lowest BCUT2D eigenvalue weighted by Crippen LogP contribution is -2.41. The quantitative estimate of drug-likeness (QED) is 0.504. The van der Waals surface area contributed by atoms with Crippen LogP contribution in [-0.2, 0) is 4.79 Å². The summed E-state index contributed by atoms with van der Waals surface area (Å²) in [6.45, 7) is 1.75. The molecule has 1 rings (SSSR count). The van der Waals surface area contributed by atoms with E-state index in [2.05, 4.69) is 15.9 Å². The highest BCUT2D eigenvalue weighted by Crippen LogP contribution is 2.23. The second-order valence-electron chi connectivity index (χ2n) is 3.10. The van der Waals surface area contributed by atoms with Crippen molar-refractivity contribution < 1.29 is 13.9 Å². The minimum absolute atomic E-state index is 0.0184. The van der Waals surface area contributed by atoms with Crippen molar-refractivity contribution in [3.05, 3.63) is 28.5 Å². The van der Waals surface area contributed by atoms with E-state index < -0.39 is 17.8 Å². The summed E-state index contributed by atoms with van der Waals surface area (Å²) in [5.74, 6) is 4.00. The fourth-order valence-electron chi connectivity index (χ4n) is 1.14. The van der Waals surface area contributed by atoms with Crippen molar-refractivity contribution in [2.45, 2.75) is 19.4 Å². The Morgan fingerprint density at radius 3 is 2.94 bits per heavy atom. The zero-order valence-electron chi connectivity index (χ0n) is 8.67. The summed E-state index contributed by atoms with van der Waals surface area (Å²) in [6, 6.07) is 4.26. The lowest BCUT2D eigenvalue weighted by atomic mass is 10.2. The van der Waals surface area contributed by atoms with Crippen LogP contribution in [0.2, 0.25) is 0 Å². The predicted molar refractivity (Wildman–Crippen MR) is 61.1 cm³/mol. The highest BCUT2D eigenvalue weighted by molar-refractivity contribution is 9.10. The monoisotopic (exact) mass is 290 g/mol. The van der Waals surface area contributed by atoms with E-state index in [0.717, 1.165) is 0 Å². The third-order valence-corrected chi connectivity index (χ3v) is 2.46. The first-order chi connectivity index (χ1) is 7.58. The molecule has 88 valence electrons. The first kappa shape index (κ1) is 12.9. The maximum absolute atomic E-state index is 13.3. The molecule has 6 heteroatoms. The van der Waals surface area contributed by atoms with Gasteiger partial charge in [-0.2, -0.15) is 0 Å². The molecule has 1 aromatic rings.